The van der Waals surface area contributed by atoms with Gasteiger partial charge in [0.1, 0.15) is 18.7 Å². The first-order chi connectivity index (χ1) is 11.3. The van der Waals surface area contributed by atoms with E-state index in [9.17, 15) is 5.11 Å². The maximum Gasteiger partial charge on any atom is 0.191 e. The van der Waals surface area contributed by atoms with E-state index in [1.807, 2.05) is 22.8 Å². The van der Waals surface area contributed by atoms with Gasteiger partial charge >= 0.3 is 0 Å². The number of rotatable bonds is 7. The first-order valence-corrected chi connectivity index (χ1v) is 9.20. The third kappa shape index (κ3) is 4.98. The number of aliphatic hydroxyl groups is 1. The Bertz CT molecular complexity index is 650. The molecule has 0 fully saturated rings. The van der Waals surface area contributed by atoms with Gasteiger partial charge in [0.2, 0.25) is 0 Å². The number of ether oxygens (including phenoxy) is 1. The molecule has 2 rings (SSSR count). The minimum Gasteiger partial charge on any atom is -0.491 e. The number of hydrogen-bond donors (Lipinski definition) is 1. The summed E-state index contributed by atoms with van der Waals surface area (Å²) >= 11 is 1.49. The number of aliphatic hydroxyl groups excluding tert-OH is 1. The van der Waals surface area contributed by atoms with E-state index in [4.69, 9.17) is 4.74 Å². The van der Waals surface area contributed by atoms with Crippen molar-refractivity contribution in [3.8, 4) is 5.75 Å². The van der Waals surface area contributed by atoms with Crippen molar-refractivity contribution in [2.24, 2.45) is 0 Å². The molecule has 1 aromatic heterocycles. The maximum absolute atomic E-state index is 10.2. The Morgan fingerprint density at radius 2 is 1.96 bits per heavy atom. The lowest BCUT2D eigenvalue weighted by atomic mass is 9.86. The number of aromatic nitrogens is 3. The number of hydrogen-bond acceptors (Lipinski definition) is 5. The lowest BCUT2D eigenvalue weighted by Gasteiger charge is -2.23. The van der Waals surface area contributed by atoms with Gasteiger partial charge in [-0.15, -0.1) is 10.2 Å². The maximum atomic E-state index is 10.2. The fraction of sp³-hybridized carbons (Fsp3) is 0.556. The first-order valence-electron chi connectivity index (χ1n) is 8.21. The fourth-order valence-electron chi connectivity index (χ4n) is 2.31. The Kier molecular flexibility index (Phi) is 6.29. The van der Waals surface area contributed by atoms with Gasteiger partial charge in [-0.3, -0.25) is 0 Å². The summed E-state index contributed by atoms with van der Waals surface area (Å²) in [5.41, 5.74) is 1.15. The molecular formula is C18H27N3O2S. The van der Waals surface area contributed by atoms with Gasteiger partial charge in [-0.05, 0) is 30.9 Å². The molecule has 6 heteroatoms. The summed E-state index contributed by atoms with van der Waals surface area (Å²) in [5, 5.41) is 19.1. The van der Waals surface area contributed by atoms with Crippen LogP contribution in [-0.4, -0.2) is 38.3 Å². The molecule has 0 saturated heterocycles. The van der Waals surface area contributed by atoms with Crippen LogP contribution in [0.15, 0.2) is 35.7 Å². The topological polar surface area (TPSA) is 60.2 Å². The summed E-state index contributed by atoms with van der Waals surface area (Å²) in [6, 6.07) is 8.29. The second kappa shape index (κ2) is 8.03. The van der Waals surface area contributed by atoms with Crippen molar-refractivity contribution < 1.29 is 9.84 Å². The molecule has 0 radical (unpaired) electrons. The minimum absolute atomic E-state index is 0.00395. The molecule has 1 aromatic carbocycles. The van der Waals surface area contributed by atoms with Gasteiger partial charge in [0, 0.05) is 11.8 Å². The van der Waals surface area contributed by atoms with E-state index < -0.39 is 6.10 Å². The van der Waals surface area contributed by atoms with Gasteiger partial charge < -0.3 is 14.4 Å². The quantitative estimate of drug-likeness (QED) is 0.773. The molecule has 0 amide bonds. The molecule has 0 spiro atoms. The van der Waals surface area contributed by atoms with E-state index in [2.05, 4.69) is 50.9 Å². The monoisotopic (exact) mass is 349 g/mol. The molecule has 1 N–H and O–H groups in total. The normalized spacial score (nSPS) is 13.3. The van der Waals surface area contributed by atoms with Crippen LogP contribution < -0.4 is 4.74 Å². The molecule has 132 valence electrons. The molecular weight excluding hydrogens is 322 g/mol. The molecule has 5 nitrogen and oxygen atoms in total. The van der Waals surface area contributed by atoms with Crippen molar-refractivity contribution in [1.29, 1.82) is 0 Å². The molecule has 0 saturated carbocycles. The van der Waals surface area contributed by atoms with Gasteiger partial charge in [0.15, 0.2) is 5.16 Å². The van der Waals surface area contributed by atoms with Crippen molar-refractivity contribution in [2.45, 2.75) is 57.3 Å². The summed E-state index contributed by atoms with van der Waals surface area (Å²) in [4.78, 5) is 0. The number of para-hydroxylation sites is 1. The largest absolute Gasteiger partial charge is 0.491 e. The molecule has 0 aliphatic rings. The van der Waals surface area contributed by atoms with Crippen LogP contribution in [0.3, 0.4) is 0 Å². The second-order valence-electron chi connectivity index (χ2n) is 7.14. The predicted octanol–water partition coefficient (Wildman–Crippen LogP) is 3.69. The third-order valence-corrected chi connectivity index (χ3v) is 4.73. The molecule has 0 aliphatic carbocycles. The molecule has 1 atom stereocenters. The molecule has 2 aromatic rings. The number of thioether (sulfide) groups is 1. The van der Waals surface area contributed by atoms with Gasteiger partial charge in [-0.25, -0.2) is 0 Å². The van der Waals surface area contributed by atoms with Crippen LogP contribution in [-0.2, 0) is 5.41 Å². The Morgan fingerprint density at radius 1 is 1.25 bits per heavy atom. The molecule has 0 aliphatic heterocycles. The second-order valence-corrected chi connectivity index (χ2v) is 8.12. The number of nitrogens with zero attached hydrogens (tertiary/aromatic N) is 3. The summed E-state index contributed by atoms with van der Waals surface area (Å²) < 4.78 is 7.86. The van der Waals surface area contributed by atoms with Gasteiger partial charge in [-0.1, -0.05) is 50.7 Å². The highest BCUT2D eigenvalue weighted by atomic mass is 32.2. The van der Waals surface area contributed by atoms with Gasteiger partial charge in [-0.2, -0.15) is 0 Å². The van der Waals surface area contributed by atoms with Crippen LogP contribution in [0.5, 0.6) is 5.75 Å². The standard InChI is InChI=1S/C18H27N3O2S/c1-13(2)21-12-19-20-17(21)24-11-14(22)10-23-16-9-7-6-8-15(16)18(3,4)5/h6-9,12-14,22H,10-11H2,1-5H3. The molecule has 0 bridgehead atoms. The zero-order chi connectivity index (χ0) is 17.7. The first kappa shape index (κ1) is 18.8. The lowest BCUT2D eigenvalue weighted by molar-refractivity contribution is 0.125. The summed E-state index contributed by atoms with van der Waals surface area (Å²) in [5.74, 6) is 1.35. The van der Waals surface area contributed by atoms with Crippen molar-refractivity contribution in [3.63, 3.8) is 0 Å². The zero-order valence-electron chi connectivity index (χ0n) is 15.1. The van der Waals surface area contributed by atoms with Crippen molar-refractivity contribution in [3.05, 3.63) is 36.2 Å². The highest BCUT2D eigenvalue weighted by Crippen LogP contribution is 2.31. The third-order valence-electron chi connectivity index (χ3n) is 3.63. The lowest BCUT2D eigenvalue weighted by Crippen LogP contribution is -2.22. The Morgan fingerprint density at radius 3 is 2.62 bits per heavy atom. The van der Waals surface area contributed by atoms with Gasteiger partial charge in [0.05, 0.1) is 6.10 Å². The van der Waals surface area contributed by atoms with E-state index in [-0.39, 0.29) is 12.0 Å². The Labute approximate surface area is 148 Å². The van der Waals surface area contributed by atoms with Crippen molar-refractivity contribution in [2.75, 3.05) is 12.4 Å². The summed E-state index contributed by atoms with van der Waals surface area (Å²) in [7, 11) is 0. The van der Waals surface area contributed by atoms with E-state index in [1.54, 1.807) is 6.33 Å². The van der Waals surface area contributed by atoms with E-state index in [0.29, 0.717) is 11.8 Å². The molecule has 1 heterocycles. The highest BCUT2D eigenvalue weighted by molar-refractivity contribution is 7.99. The van der Waals surface area contributed by atoms with E-state index >= 15 is 0 Å². The Hall–Kier alpha value is -1.53. The SMILES string of the molecule is CC(C)n1cnnc1SCC(O)COc1ccccc1C(C)(C)C. The fourth-order valence-corrected chi connectivity index (χ4v) is 3.26. The predicted molar refractivity (Wildman–Crippen MR) is 97.8 cm³/mol. The van der Waals surface area contributed by atoms with Crippen LogP contribution in [0.4, 0.5) is 0 Å². The highest BCUT2D eigenvalue weighted by Gasteiger charge is 2.19. The van der Waals surface area contributed by atoms with Crippen molar-refractivity contribution in [1.82, 2.24) is 14.8 Å². The zero-order valence-corrected chi connectivity index (χ0v) is 15.9. The van der Waals surface area contributed by atoms with Crippen LogP contribution in [0.2, 0.25) is 0 Å². The molecule has 1 unspecified atom stereocenters. The summed E-state index contributed by atoms with van der Waals surface area (Å²) in [6.07, 6.45) is 1.15. The van der Waals surface area contributed by atoms with Crippen LogP contribution >= 0.6 is 11.8 Å². The average molecular weight is 350 g/mol. The van der Waals surface area contributed by atoms with E-state index in [1.165, 1.54) is 11.8 Å². The van der Waals surface area contributed by atoms with Crippen LogP contribution in [0, 0.1) is 0 Å². The molecule has 24 heavy (non-hydrogen) atoms. The number of benzene rings is 1. The van der Waals surface area contributed by atoms with Crippen LogP contribution in [0.25, 0.3) is 0 Å². The minimum atomic E-state index is -0.569. The van der Waals surface area contributed by atoms with Gasteiger partial charge in [0.25, 0.3) is 0 Å². The smallest absolute Gasteiger partial charge is 0.191 e. The average Bonchev–Trinajstić information content (AvgIpc) is 2.99. The van der Waals surface area contributed by atoms with Crippen molar-refractivity contribution >= 4 is 11.8 Å². The Balaban J connectivity index is 1.90. The van der Waals surface area contributed by atoms with E-state index in [0.717, 1.165) is 16.5 Å². The summed E-state index contributed by atoms with van der Waals surface area (Å²) in [6.45, 7) is 10.9. The van der Waals surface area contributed by atoms with Crippen LogP contribution in [0.1, 0.15) is 46.2 Å².